The molecule has 1 saturated heterocycles. The van der Waals surface area contributed by atoms with Crippen molar-refractivity contribution in [2.45, 2.75) is 0 Å². The molecule has 0 radical (unpaired) electrons. The van der Waals surface area contributed by atoms with Gasteiger partial charge < -0.3 is 9.64 Å². The summed E-state index contributed by atoms with van der Waals surface area (Å²) >= 11 is 6.12. The highest BCUT2D eigenvalue weighted by Crippen LogP contribution is 2.18. The quantitative estimate of drug-likeness (QED) is 0.835. The van der Waals surface area contributed by atoms with E-state index in [0.29, 0.717) is 17.2 Å². The average Bonchev–Trinajstić information content (AvgIpc) is 2.63. The molecular weight excluding hydrogens is 324 g/mol. The van der Waals surface area contributed by atoms with Gasteiger partial charge in [-0.05, 0) is 24.3 Å². The second-order valence-corrected chi connectivity index (χ2v) is 6.18. The first-order valence-electron chi connectivity index (χ1n) is 8.18. The van der Waals surface area contributed by atoms with E-state index in [0.717, 1.165) is 38.5 Å². The van der Waals surface area contributed by atoms with Crippen LogP contribution in [-0.2, 0) is 0 Å². The van der Waals surface area contributed by atoms with E-state index < -0.39 is 0 Å². The Kier molecular flexibility index (Phi) is 5.72. The van der Waals surface area contributed by atoms with Gasteiger partial charge in [0.15, 0.2) is 0 Å². The van der Waals surface area contributed by atoms with Crippen LogP contribution in [-0.4, -0.2) is 55.0 Å². The van der Waals surface area contributed by atoms with Crippen LogP contribution in [0.3, 0.4) is 0 Å². The van der Waals surface area contributed by atoms with E-state index in [2.05, 4.69) is 4.90 Å². The van der Waals surface area contributed by atoms with Crippen molar-refractivity contribution in [2.75, 3.05) is 39.3 Å². The van der Waals surface area contributed by atoms with Gasteiger partial charge >= 0.3 is 0 Å². The Morgan fingerprint density at radius 1 is 0.958 bits per heavy atom. The van der Waals surface area contributed by atoms with E-state index in [-0.39, 0.29) is 5.91 Å². The number of nitrogens with zero attached hydrogens (tertiary/aromatic N) is 2. The molecule has 0 saturated carbocycles. The molecule has 0 atom stereocenters. The van der Waals surface area contributed by atoms with Crippen LogP contribution in [0, 0.1) is 0 Å². The molecule has 0 bridgehead atoms. The smallest absolute Gasteiger partial charge is 0.255 e. The third-order valence-electron chi connectivity index (χ3n) is 4.18. The van der Waals surface area contributed by atoms with Crippen LogP contribution in [0.15, 0.2) is 54.6 Å². The molecule has 0 N–H and O–H groups in total. The minimum atomic E-state index is 0.0146. The molecule has 126 valence electrons. The third kappa shape index (κ3) is 4.28. The standard InChI is InChI=1S/C19H21ClN2O2/c20-18-9-5-4-8-17(18)19(23)22-12-10-21(11-13-22)14-15-24-16-6-2-1-3-7-16/h1-9H,10-15H2. The summed E-state index contributed by atoms with van der Waals surface area (Å²) in [6.45, 7) is 4.67. The van der Waals surface area contributed by atoms with Gasteiger partial charge in [0.2, 0.25) is 0 Å². The van der Waals surface area contributed by atoms with Gasteiger partial charge in [0.05, 0.1) is 10.6 Å². The highest BCUT2D eigenvalue weighted by molar-refractivity contribution is 6.33. The highest BCUT2D eigenvalue weighted by Gasteiger charge is 2.23. The van der Waals surface area contributed by atoms with Crippen molar-refractivity contribution in [2.24, 2.45) is 0 Å². The number of carbonyl (C=O) groups excluding carboxylic acids is 1. The summed E-state index contributed by atoms with van der Waals surface area (Å²) in [5.41, 5.74) is 0.583. The molecule has 1 aliphatic rings. The van der Waals surface area contributed by atoms with Crippen molar-refractivity contribution in [3.63, 3.8) is 0 Å². The molecule has 0 spiro atoms. The topological polar surface area (TPSA) is 32.8 Å². The minimum absolute atomic E-state index is 0.0146. The SMILES string of the molecule is O=C(c1ccccc1Cl)N1CCN(CCOc2ccccc2)CC1. The zero-order valence-corrected chi connectivity index (χ0v) is 14.3. The molecule has 4 nitrogen and oxygen atoms in total. The molecule has 0 unspecified atom stereocenters. The lowest BCUT2D eigenvalue weighted by Gasteiger charge is -2.34. The van der Waals surface area contributed by atoms with Gasteiger partial charge in [-0.25, -0.2) is 0 Å². The van der Waals surface area contributed by atoms with Gasteiger partial charge in [0, 0.05) is 32.7 Å². The van der Waals surface area contributed by atoms with Crippen molar-refractivity contribution in [1.82, 2.24) is 9.80 Å². The number of piperazine rings is 1. The van der Waals surface area contributed by atoms with Crippen molar-refractivity contribution in [3.05, 3.63) is 65.2 Å². The van der Waals surface area contributed by atoms with Crippen LogP contribution in [0.1, 0.15) is 10.4 Å². The van der Waals surface area contributed by atoms with Crippen molar-refractivity contribution in [3.8, 4) is 5.75 Å². The number of hydrogen-bond acceptors (Lipinski definition) is 3. The van der Waals surface area contributed by atoms with E-state index in [1.54, 1.807) is 12.1 Å². The molecule has 0 aromatic heterocycles. The minimum Gasteiger partial charge on any atom is -0.492 e. The molecular formula is C19H21ClN2O2. The first-order valence-corrected chi connectivity index (χ1v) is 8.56. The fraction of sp³-hybridized carbons (Fsp3) is 0.316. The van der Waals surface area contributed by atoms with Gasteiger partial charge in [-0.1, -0.05) is 41.9 Å². The summed E-state index contributed by atoms with van der Waals surface area (Å²) in [4.78, 5) is 16.7. The Hall–Kier alpha value is -2.04. The van der Waals surface area contributed by atoms with E-state index >= 15 is 0 Å². The molecule has 2 aromatic rings. The van der Waals surface area contributed by atoms with E-state index in [4.69, 9.17) is 16.3 Å². The van der Waals surface area contributed by atoms with Crippen LogP contribution < -0.4 is 4.74 Å². The number of benzene rings is 2. The summed E-state index contributed by atoms with van der Waals surface area (Å²) < 4.78 is 5.73. The second kappa shape index (κ2) is 8.18. The molecule has 1 fully saturated rings. The number of rotatable bonds is 5. The zero-order valence-electron chi connectivity index (χ0n) is 13.5. The van der Waals surface area contributed by atoms with Crippen LogP contribution >= 0.6 is 11.6 Å². The van der Waals surface area contributed by atoms with Crippen LogP contribution in [0.25, 0.3) is 0 Å². The molecule has 1 aliphatic heterocycles. The Balaban J connectivity index is 1.44. The van der Waals surface area contributed by atoms with E-state index in [1.165, 1.54) is 0 Å². The Bertz CT molecular complexity index is 670. The summed E-state index contributed by atoms with van der Waals surface area (Å²) in [5.74, 6) is 0.908. The monoisotopic (exact) mass is 344 g/mol. The number of hydrogen-bond donors (Lipinski definition) is 0. The van der Waals surface area contributed by atoms with Crippen LogP contribution in [0.2, 0.25) is 5.02 Å². The summed E-state index contributed by atoms with van der Waals surface area (Å²) in [6.07, 6.45) is 0. The van der Waals surface area contributed by atoms with Crippen molar-refractivity contribution >= 4 is 17.5 Å². The lowest BCUT2D eigenvalue weighted by molar-refractivity contribution is 0.0620. The first kappa shape index (κ1) is 16.8. The van der Waals surface area contributed by atoms with Crippen molar-refractivity contribution in [1.29, 1.82) is 0 Å². The molecule has 1 amide bonds. The maximum Gasteiger partial charge on any atom is 0.255 e. The summed E-state index contributed by atoms with van der Waals surface area (Å²) in [6, 6.07) is 17.0. The second-order valence-electron chi connectivity index (χ2n) is 5.78. The maximum atomic E-state index is 12.5. The van der Waals surface area contributed by atoms with Gasteiger partial charge in [0.1, 0.15) is 12.4 Å². The summed E-state index contributed by atoms with van der Waals surface area (Å²) in [5, 5.41) is 0.515. The zero-order chi connectivity index (χ0) is 16.8. The van der Waals surface area contributed by atoms with E-state index in [9.17, 15) is 4.79 Å². The van der Waals surface area contributed by atoms with Crippen LogP contribution in [0.5, 0.6) is 5.75 Å². The lowest BCUT2D eigenvalue weighted by Crippen LogP contribution is -2.49. The first-order chi connectivity index (χ1) is 11.7. The van der Waals surface area contributed by atoms with E-state index in [1.807, 2.05) is 47.4 Å². The number of amides is 1. The fourth-order valence-electron chi connectivity index (χ4n) is 2.79. The number of carbonyl (C=O) groups is 1. The van der Waals surface area contributed by atoms with Gasteiger partial charge in [0.25, 0.3) is 5.91 Å². The molecule has 1 heterocycles. The predicted molar refractivity (Wildman–Crippen MR) is 95.7 cm³/mol. The third-order valence-corrected chi connectivity index (χ3v) is 4.51. The van der Waals surface area contributed by atoms with Crippen molar-refractivity contribution < 1.29 is 9.53 Å². The molecule has 2 aromatic carbocycles. The summed E-state index contributed by atoms with van der Waals surface area (Å²) in [7, 11) is 0. The van der Waals surface area contributed by atoms with Gasteiger partial charge in [-0.3, -0.25) is 9.69 Å². The number of ether oxygens (including phenoxy) is 1. The highest BCUT2D eigenvalue weighted by atomic mass is 35.5. The normalized spacial score (nSPS) is 15.3. The molecule has 24 heavy (non-hydrogen) atoms. The molecule has 5 heteroatoms. The predicted octanol–water partition coefficient (Wildman–Crippen LogP) is 3.18. The molecule has 3 rings (SSSR count). The lowest BCUT2D eigenvalue weighted by atomic mass is 10.2. The van der Waals surface area contributed by atoms with Gasteiger partial charge in [-0.15, -0.1) is 0 Å². The van der Waals surface area contributed by atoms with Crippen LogP contribution in [0.4, 0.5) is 0 Å². The largest absolute Gasteiger partial charge is 0.492 e. The Morgan fingerprint density at radius 2 is 1.62 bits per heavy atom. The Labute approximate surface area is 147 Å². The number of para-hydroxylation sites is 1. The fourth-order valence-corrected chi connectivity index (χ4v) is 3.01. The molecule has 0 aliphatic carbocycles. The van der Waals surface area contributed by atoms with Gasteiger partial charge in [-0.2, -0.15) is 0 Å². The Morgan fingerprint density at radius 3 is 2.33 bits per heavy atom. The maximum absolute atomic E-state index is 12.5. The average molecular weight is 345 g/mol. The number of halogens is 1.